The number of anilines is 1. The van der Waals surface area contributed by atoms with Crippen LogP contribution in [0.25, 0.3) is 0 Å². The Morgan fingerprint density at radius 1 is 1.12 bits per heavy atom. The van der Waals surface area contributed by atoms with Gasteiger partial charge in [-0.05, 0) is 80.8 Å². The summed E-state index contributed by atoms with van der Waals surface area (Å²) < 4.78 is 28.9. The van der Waals surface area contributed by atoms with Crippen LogP contribution in [0.1, 0.15) is 56.2 Å². The van der Waals surface area contributed by atoms with Crippen molar-refractivity contribution in [1.29, 1.82) is 0 Å². The van der Waals surface area contributed by atoms with E-state index in [9.17, 15) is 13.2 Å². The van der Waals surface area contributed by atoms with Crippen LogP contribution >= 0.6 is 0 Å². The zero-order valence-corrected chi connectivity index (χ0v) is 19.6. The number of carbonyl (C=O) groups excluding carboxylic acids is 1. The summed E-state index contributed by atoms with van der Waals surface area (Å²) in [4.78, 5) is 19.1. The Labute approximate surface area is 190 Å². The van der Waals surface area contributed by atoms with Gasteiger partial charge in [0.25, 0.3) is 0 Å². The van der Waals surface area contributed by atoms with Gasteiger partial charge < -0.3 is 10.2 Å². The van der Waals surface area contributed by atoms with E-state index < -0.39 is 10.0 Å². The van der Waals surface area contributed by atoms with Crippen LogP contribution in [0.2, 0.25) is 0 Å². The van der Waals surface area contributed by atoms with E-state index in [2.05, 4.69) is 19.9 Å². The summed E-state index contributed by atoms with van der Waals surface area (Å²) in [7, 11) is -1.59. The molecule has 0 spiro atoms. The van der Waals surface area contributed by atoms with Gasteiger partial charge in [-0.1, -0.05) is 6.07 Å². The summed E-state index contributed by atoms with van der Waals surface area (Å²) in [5.41, 5.74) is 3.22. The maximum atomic E-state index is 13.0. The SMILES string of the molecule is CC(NC(=O)C1CCC(NS(=O)(=O)c2ccc3c(c2)N(C)CCC3)CC1)c1ccncc1. The highest BCUT2D eigenvalue weighted by Crippen LogP contribution is 2.30. The number of pyridine rings is 1. The fourth-order valence-corrected chi connectivity index (χ4v) is 6.06. The number of hydrogen-bond acceptors (Lipinski definition) is 5. The van der Waals surface area contributed by atoms with E-state index in [0.29, 0.717) is 30.6 Å². The van der Waals surface area contributed by atoms with Gasteiger partial charge in [0.05, 0.1) is 10.9 Å². The number of aromatic nitrogens is 1. The van der Waals surface area contributed by atoms with Gasteiger partial charge in [-0.25, -0.2) is 13.1 Å². The van der Waals surface area contributed by atoms with Crippen molar-refractivity contribution < 1.29 is 13.2 Å². The number of nitrogens with zero attached hydrogens (tertiary/aromatic N) is 2. The van der Waals surface area contributed by atoms with Crippen molar-refractivity contribution in [2.75, 3.05) is 18.5 Å². The topological polar surface area (TPSA) is 91.4 Å². The minimum atomic E-state index is -3.59. The average molecular weight is 457 g/mol. The monoisotopic (exact) mass is 456 g/mol. The molecule has 1 aliphatic carbocycles. The van der Waals surface area contributed by atoms with Gasteiger partial charge in [-0.15, -0.1) is 0 Å². The molecule has 7 nitrogen and oxygen atoms in total. The summed E-state index contributed by atoms with van der Waals surface area (Å²) in [5.74, 6) is -0.0502. The first-order valence-electron chi connectivity index (χ1n) is 11.4. The largest absolute Gasteiger partial charge is 0.374 e. The quantitative estimate of drug-likeness (QED) is 0.697. The van der Waals surface area contributed by atoms with Crippen molar-refractivity contribution in [3.63, 3.8) is 0 Å². The van der Waals surface area contributed by atoms with Crippen molar-refractivity contribution in [3.05, 3.63) is 53.9 Å². The van der Waals surface area contributed by atoms with Crippen LogP contribution in [0.15, 0.2) is 47.6 Å². The van der Waals surface area contributed by atoms with E-state index in [-0.39, 0.29) is 23.9 Å². The lowest BCUT2D eigenvalue weighted by atomic mass is 9.85. The maximum Gasteiger partial charge on any atom is 0.240 e. The third kappa shape index (κ3) is 5.13. The molecule has 1 amide bonds. The van der Waals surface area contributed by atoms with Crippen LogP contribution in [0, 0.1) is 5.92 Å². The van der Waals surface area contributed by atoms with Crippen molar-refractivity contribution in [3.8, 4) is 0 Å². The first-order valence-corrected chi connectivity index (χ1v) is 12.9. The third-order valence-corrected chi connectivity index (χ3v) is 8.22. The molecule has 172 valence electrons. The molecule has 0 saturated heterocycles. The molecular weight excluding hydrogens is 424 g/mol. The molecule has 2 aromatic rings. The van der Waals surface area contributed by atoms with Gasteiger partial charge >= 0.3 is 0 Å². The summed E-state index contributed by atoms with van der Waals surface area (Å²) in [6.07, 6.45) is 8.18. The number of nitrogens with one attached hydrogen (secondary N) is 2. The van der Waals surface area contributed by atoms with Crippen molar-refractivity contribution in [2.24, 2.45) is 5.92 Å². The van der Waals surface area contributed by atoms with Gasteiger partial charge in [0, 0.05) is 43.6 Å². The van der Waals surface area contributed by atoms with Crippen LogP contribution in [0.4, 0.5) is 5.69 Å². The summed E-state index contributed by atoms with van der Waals surface area (Å²) in [6.45, 7) is 2.90. The molecular formula is C24H32N4O3S. The molecule has 2 N–H and O–H groups in total. The normalized spacial score (nSPS) is 22.1. The number of carbonyl (C=O) groups is 1. The van der Waals surface area contributed by atoms with E-state index >= 15 is 0 Å². The molecule has 0 bridgehead atoms. The molecule has 1 unspecified atom stereocenters. The fraction of sp³-hybridized carbons (Fsp3) is 0.500. The number of hydrogen-bond donors (Lipinski definition) is 2. The van der Waals surface area contributed by atoms with Crippen molar-refractivity contribution in [2.45, 2.75) is 62.4 Å². The molecule has 2 heterocycles. The predicted octanol–water partition coefficient (Wildman–Crippen LogP) is 3.18. The number of fused-ring (bicyclic) bond motifs is 1. The van der Waals surface area contributed by atoms with Crippen LogP contribution in [-0.4, -0.2) is 38.9 Å². The first-order chi connectivity index (χ1) is 15.3. The van der Waals surface area contributed by atoms with Crippen LogP contribution in [0.5, 0.6) is 0 Å². The Balaban J connectivity index is 1.32. The summed E-state index contributed by atoms with van der Waals surface area (Å²) in [5, 5.41) is 3.08. The maximum absolute atomic E-state index is 13.0. The van der Waals surface area contributed by atoms with Crippen molar-refractivity contribution >= 4 is 21.6 Å². The van der Waals surface area contributed by atoms with Crippen LogP contribution in [-0.2, 0) is 21.2 Å². The smallest absolute Gasteiger partial charge is 0.240 e. The third-order valence-electron chi connectivity index (χ3n) is 6.70. The summed E-state index contributed by atoms with van der Waals surface area (Å²) in [6, 6.07) is 9.00. The number of benzene rings is 1. The van der Waals surface area contributed by atoms with Gasteiger partial charge in [-0.3, -0.25) is 9.78 Å². The molecule has 32 heavy (non-hydrogen) atoms. The van der Waals surface area contributed by atoms with E-state index in [4.69, 9.17) is 0 Å². The lowest BCUT2D eigenvalue weighted by molar-refractivity contribution is -0.126. The Bertz CT molecular complexity index is 1050. The van der Waals surface area contributed by atoms with Gasteiger partial charge in [0.15, 0.2) is 0 Å². The lowest BCUT2D eigenvalue weighted by Crippen LogP contribution is -2.41. The number of rotatable bonds is 6. The van der Waals surface area contributed by atoms with Gasteiger partial charge in [0.2, 0.25) is 15.9 Å². The van der Waals surface area contributed by atoms with E-state index in [0.717, 1.165) is 30.6 Å². The summed E-state index contributed by atoms with van der Waals surface area (Å²) >= 11 is 0. The zero-order valence-electron chi connectivity index (χ0n) is 18.8. The number of aryl methyl sites for hydroxylation is 1. The van der Waals surface area contributed by atoms with Crippen molar-refractivity contribution in [1.82, 2.24) is 15.0 Å². The minimum absolute atomic E-state index is 0.0355. The lowest BCUT2D eigenvalue weighted by Gasteiger charge is -2.30. The highest BCUT2D eigenvalue weighted by Gasteiger charge is 2.30. The predicted molar refractivity (Wildman–Crippen MR) is 125 cm³/mol. The average Bonchev–Trinajstić information content (AvgIpc) is 2.80. The molecule has 8 heteroatoms. The number of sulfonamides is 1. The fourth-order valence-electron chi connectivity index (χ4n) is 4.73. The van der Waals surface area contributed by atoms with E-state index in [1.54, 1.807) is 24.5 Å². The van der Waals surface area contributed by atoms with Crippen LogP contribution < -0.4 is 14.9 Å². The molecule has 1 aliphatic heterocycles. The first kappa shape index (κ1) is 22.7. The van der Waals surface area contributed by atoms with Gasteiger partial charge in [0.1, 0.15) is 0 Å². The van der Waals surface area contributed by atoms with Crippen LogP contribution in [0.3, 0.4) is 0 Å². The Morgan fingerprint density at radius 3 is 2.56 bits per heavy atom. The Hall–Kier alpha value is -2.45. The second kappa shape index (κ2) is 9.58. The molecule has 1 atom stereocenters. The highest BCUT2D eigenvalue weighted by atomic mass is 32.2. The molecule has 2 aliphatic rings. The Morgan fingerprint density at radius 2 is 1.84 bits per heavy atom. The molecule has 1 aromatic carbocycles. The van der Waals surface area contributed by atoms with Gasteiger partial charge in [-0.2, -0.15) is 0 Å². The highest BCUT2D eigenvalue weighted by molar-refractivity contribution is 7.89. The minimum Gasteiger partial charge on any atom is -0.374 e. The second-order valence-corrected chi connectivity index (χ2v) is 10.7. The number of amides is 1. The zero-order chi connectivity index (χ0) is 22.7. The standard InChI is InChI=1S/C24H32N4O3S/c1-17(18-11-13-25-14-12-18)26-24(29)20-5-8-21(9-6-20)27-32(30,31)22-10-7-19-4-3-15-28(2)23(19)16-22/h7,10-14,16-17,20-21,27H,3-6,8-9,15H2,1-2H3,(H,26,29). The second-order valence-electron chi connectivity index (χ2n) is 9.00. The van der Waals surface area contributed by atoms with E-state index in [1.807, 2.05) is 32.2 Å². The molecule has 1 saturated carbocycles. The molecule has 1 aromatic heterocycles. The van der Waals surface area contributed by atoms with E-state index in [1.165, 1.54) is 5.56 Å². The molecule has 1 fully saturated rings. The molecule has 0 radical (unpaired) electrons. The Kier molecular flexibility index (Phi) is 6.81. The molecule has 4 rings (SSSR count).